The van der Waals surface area contributed by atoms with E-state index in [0.717, 1.165) is 4.90 Å². The van der Waals surface area contributed by atoms with Crippen LogP contribution in [0.2, 0.25) is 0 Å². The van der Waals surface area contributed by atoms with Crippen LogP contribution in [0.25, 0.3) is 6.08 Å². The summed E-state index contributed by atoms with van der Waals surface area (Å²) in [7, 11) is 3.01. The van der Waals surface area contributed by atoms with Crippen molar-refractivity contribution < 1.29 is 33.4 Å². The Bertz CT molecular complexity index is 1440. The molecule has 5 amide bonds. The Morgan fingerprint density at radius 2 is 1.71 bits per heavy atom. The number of nitrogens with one attached hydrogen (secondary N) is 2. The molecule has 11 heteroatoms. The number of para-hydroxylation sites is 2. The van der Waals surface area contributed by atoms with Crippen LogP contribution >= 0.6 is 15.9 Å². The lowest BCUT2D eigenvalue weighted by atomic mass is 10.1. The number of halogens is 1. The molecule has 0 bridgehead atoms. The number of urea groups is 1. The van der Waals surface area contributed by atoms with E-state index in [4.69, 9.17) is 14.2 Å². The van der Waals surface area contributed by atoms with Crippen LogP contribution in [-0.2, 0) is 14.4 Å². The van der Waals surface area contributed by atoms with Gasteiger partial charge in [0.05, 0.1) is 30.1 Å². The van der Waals surface area contributed by atoms with Crippen LogP contribution in [0.5, 0.6) is 17.2 Å². The second kappa shape index (κ2) is 11.6. The Hall–Kier alpha value is -4.64. The summed E-state index contributed by atoms with van der Waals surface area (Å²) in [5.41, 5.74) is 1.06. The standard InChI is InChI=1S/C27H22BrN3O7/c1-36-18-10-8-17(9-11-18)31-26(34)19(25(33)30-27(31)35)13-16-7-12-22(20(28)14-16)38-15-24(32)29-21-5-3-4-6-23(21)37-2/h3-14H,15H2,1-2H3,(H,29,32)(H,30,33,35)/b19-13+. The van der Waals surface area contributed by atoms with Crippen molar-refractivity contribution in [3.8, 4) is 17.2 Å². The number of nitrogens with zero attached hydrogens (tertiary/aromatic N) is 1. The van der Waals surface area contributed by atoms with Gasteiger partial charge in [-0.15, -0.1) is 0 Å². The van der Waals surface area contributed by atoms with Gasteiger partial charge in [-0.1, -0.05) is 18.2 Å². The zero-order valence-corrected chi connectivity index (χ0v) is 21.9. The lowest BCUT2D eigenvalue weighted by Crippen LogP contribution is -2.54. The minimum absolute atomic E-state index is 0.225. The minimum atomic E-state index is -0.848. The number of ether oxygens (including phenoxy) is 3. The van der Waals surface area contributed by atoms with Crippen LogP contribution < -0.4 is 29.7 Å². The van der Waals surface area contributed by atoms with Gasteiger partial charge >= 0.3 is 6.03 Å². The normalized spacial score (nSPS) is 14.2. The fourth-order valence-corrected chi connectivity index (χ4v) is 4.10. The molecular formula is C27H22BrN3O7. The summed E-state index contributed by atoms with van der Waals surface area (Å²) in [6, 6.07) is 17.2. The van der Waals surface area contributed by atoms with Gasteiger partial charge in [0, 0.05) is 0 Å². The number of carbonyl (C=O) groups is 4. The van der Waals surface area contributed by atoms with Gasteiger partial charge in [0.1, 0.15) is 22.8 Å². The Kier molecular flexibility index (Phi) is 8.07. The van der Waals surface area contributed by atoms with Gasteiger partial charge in [-0.05, 0) is 76.1 Å². The van der Waals surface area contributed by atoms with E-state index in [1.165, 1.54) is 32.4 Å². The first-order valence-electron chi connectivity index (χ1n) is 11.2. The number of rotatable bonds is 8. The summed E-state index contributed by atoms with van der Waals surface area (Å²) in [5.74, 6) is -0.525. The second-order valence-electron chi connectivity index (χ2n) is 7.88. The zero-order chi connectivity index (χ0) is 27.2. The highest BCUT2D eigenvalue weighted by atomic mass is 79.9. The van der Waals surface area contributed by atoms with Gasteiger partial charge in [0.15, 0.2) is 6.61 Å². The average molecular weight is 580 g/mol. The maximum atomic E-state index is 13.1. The van der Waals surface area contributed by atoms with Crippen LogP contribution in [0.1, 0.15) is 5.56 Å². The molecule has 1 aliphatic heterocycles. The lowest BCUT2D eigenvalue weighted by Gasteiger charge is -2.26. The van der Waals surface area contributed by atoms with Crippen molar-refractivity contribution in [1.82, 2.24) is 5.32 Å². The number of anilines is 2. The molecule has 0 saturated carbocycles. The molecule has 2 N–H and O–H groups in total. The van der Waals surface area contributed by atoms with Crippen LogP contribution in [0, 0.1) is 0 Å². The third-order valence-electron chi connectivity index (χ3n) is 5.44. The third-order valence-corrected chi connectivity index (χ3v) is 6.06. The third kappa shape index (κ3) is 5.84. The monoisotopic (exact) mass is 579 g/mol. The van der Waals surface area contributed by atoms with Crippen molar-refractivity contribution in [3.05, 3.63) is 82.3 Å². The Balaban J connectivity index is 1.47. The number of carbonyl (C=O) groups excluding carboxylic acids is 4. The summed E-state index contributed by atoms with van der Waals surface area (Å²) < 4.78 is 16.4. The molecule has 3 aromatic rings. The summed E-state index contributed by atoms with van der Waals surface area (Å²) in [6.45, 7) is -0.267. The van der Waals surface area contributed by atoms with E-state index in [2.05, 4.69) is 26.6 Å². The predicted molar refractivity (Wildman–Crippen MR) is 143 cm³/mol. The molecule has 10 nitrogen and oxygen atoms in total. The molecule has 1 fully saturated rings. The molecule has 0 unspecified atom stereocenters. The number of benzene rings is 3. The van der Waals surface area contributed by atoms with Gasteiger partial charge < -0.3 is 19.5 Å². The van der Waals surface area contributed by atoms with Gasteiger partial charge in [-0.3, -0.25) is 19.7 Å². The maximum absolute atomic E-state index is 13.1. The number of methoxy groups -OCH3 is 2. The first kappa shape index (κ1) is 26.4. The smallest absolute Gasteiger partial charge is 0.335 e. The van der Waals surface area contributed by atoms with Crippen molar-refractivity contribution in [2.75, 3.05) is 31.0 Å². The molecule has 1 aliphatic rings. The second-order valence-corrected chi connectivity index (χ2v) is 8.74. The van der Waals surface area contributed by atoms with E-state index in [1.54, 1.807) is 54.6 Å². The molecule has 0 atom stereocenters. The number of imide groups is 2. The summed E-state index contributed by atoms with van der Waals surface area (Å²) in [5, 5.41) is 4.90. The van der Waals surface area contributed by atoms with Crippen LogP contribution in [0.3, 0.4) is 0 Å². The molecule has 0 aliphatic carbocycles. The largest absolute Gasteiger partial charge is 0.497 e. The summed E-state index contributed by atoms with van der Waals surface area (Å²) in [4.78, 5) is 51.2. The van der Waals surface area contributed by atoms with E-state index in [9.17, 15) is 19.2 Å². The average Bonchev–Trinajstić information content (AvgIpc) is 2.91. The molecule has 0 spiro atoms. The van der Waals surface area contributed by atoms with Crippen molar-refractivity contribution >= 4 is 57.1 Å². The first-order valence-corrected chi connectivity index (χ1v) is 12.0. The number of amides is 5. The first-order chi connectivity index (χ1) is 18.3. The number of barbiturate groups is 1. The fraction of sp³-hybridized carbons (Fsp3) is 0.111. The molecule has 194 valence electrons. The van der Waals surface area contributed by atoms with Crippen molar-refractivity contribution in [2.45, 2.75) is 0 Å². The molecule has 0 radical (unpaired) electrons. The van der Waals surface area contributed by atoms with E-state index in [0.29, 0.717) is 33.0 Å². The predicted octanol–water partition coefficient (Wildman–Crippen LogP) is 4.15. The highest BCUT2D eigenvalue weighted by Crippen LogP contribution is 2.29. The number of hydrogen-bond acceptors (Lipinski definition) is 7. The highest BCUT2D eigenvalue weighted by molar-refractivity contribution is 9.10. The van der Waals surface area contributed by atoms with Crippen LogP contribution in [-0.4, -0.2) is 44.6 Å². The molecule has 1 saturated heterocycles. The zero-order valence-electron chi connectivity index (χ0n) is 20.3. The van der Waals surface area contributed by atoms with Crippen molar-refractivity contribution in [2.24, 2.45) is 0 Å². The molecule has 38 heavy (non-hydrogen) atoms. The van der Waals surface area contributed by atoms with Crippen molar-refractivity contribution in [3.63, 3.8) is 0 Å². The highest BCUT2D eigenvalue weighted by Gasteiger charge is 2.36. The van der Waals surface area contributed by atoms with Crippen LogP contribution in [0.15, 0.2) is 76.8 Å². The van der Waals surface area contributed by atoms with Gasteiger partial charge in [0.2, 0.25) is 0 Å². The summed E-state index contributed by atoms with van der Waals surface area (Å²) in [6.07, 6.45) is 1.36. The Labute approximate surface area is 226 Å². The molecule has 0 aromatic heterocycles. The van der Waals surface area contributed by atoms with E-state index < -0.39 is 17.8 Å². The molecule has 1 heterocycles. The Morgan fingerprint density at radius 3 is 2.39 bits per heavy atom. The quantitative estimate of drug-likeness (QED) is 0.303. The van der Waals surface area contributed by atoms with E-state index in [-0.39, 0.29) is 23.8 Å². The van der Waals surface area contributed by atoms with E-state index >= 15 is 0 Å². The van der Waals surface area contributed by atoms with E-state index in [1.807, 2.05) is 0 Å². The molecule has 4 rings (SSSR count). The van der Waals surface area contributed by atoms with Gasteiger partial charge in [-0.2, -0.15) is 0 Å². The van der Waals surface area contributed by atoms with Crippen LogP contribution in [0.4, 0.5) is 16.2 Å². The number of hydrogen-bond donors (Lipinski definition) is 2. The molecule has 3 aromatic carbocycles. The van der Waals surface area contributed by atoms with Gasteiger partial charge in [0.25, 0.3) is 17.7 Å². The fourth-order valence-electron chi connectivity index (χ4n) is 3.59. The minimum Gasteiger partial charge on any atom is -0.497 e. The van der Waals surface area contributed by atoms with Gasteiger partial charge in [-0.25, -0.2) is 9.69 Å². The lowest BCUT2D eigenvalue weighted by molar-refractivity contribution is -0.122. The Morgan fingerprint density at radius 1 is 0.974 bits per heavy atom. The van der Waals surface area contributed by atoms with Crippen molar-refractivity contribution in [1.29, 1.82) is 0 Å². The topological polar surface area (TPSA) is 123 Å². The summed E-state index contributed by atoms with van der Waals surface area (Å²) >= 11 is 3.39. The molecular weight excluding hydrogens is 558 g/mol. The SMILES string of the molecule is COc1ccc(N2C(=O)NC(=O)/C(=C\c3ccc(OCC(=O)Nc4ccccc4OC)c(Br)c3)C2=O)cc1. The maximum Gasteiger partial charge on any atom is 0.335 e.